The van der Waals surface area contributed by atoms with Gasteiger partial charge in [-0.15, -0.1) is 0 Å². The number of carbonyl (C=O) groups excluding carboxylic acids is 1. The van der Waals surface area contributed by atoms with Gasteiger partial charge in [-0.05, 0) is 63.6 Å². The first-order chi connectivity index (χ1) is 14.0. The topological polar surface area (TPSA) is 83.5 Å². The van der Waals surface area contributed by atoms with Crippen molar-refractivity contribution in [2.75, 3.05) is 13.2 Å². The van der Waals surface area contributed by atoms with E-state index in [1.807, 2.05) is 0 Å². The first-order valence-electron chi connectivity index (χ1n) is 10.4. The number of pyridine rings is 1. The van der Waals surface area contributed by atoms with Crippen LogP contribution in [0.15, 0.2) is 18.3 Å². The third kappa shape index (κ3) is 5.12. The summed E-state index contributed by atoms with van der Waals surface area (Å²) in [5.74, 6) is -0.336. The molecular formula is C21H30F3N3O3. The minimum absolute atomic E-state index is 0.0552. The number of halogens is 3. The number of nitrogens with one attached hydrogen (secondary N) is 2. The van der Waals surface area contributed by atoms with Crippen molar-refractivity contribution in [3.8, 4) is 0 Å². The first-order valence-corrected chi connectivity index (χ1v) is 10.4. The van der Waals surface area contributed by atoms with Crippen molar-refractivity contribution >= 4 is 5.91 Å². The number of carbonyl (C=O) groups is 1. The molecule has 3 rings (SSSR count). The van der Waals surface area contributed by atoms with Gasteiger partial charge in [-0.2, -0.15) is 13.2 Å². The molecule has 9 heteroatoms. The number of amides is 1. The van der Waals surface area contributed by atoms with Crippen molar-refractivity contribution in [2.45, 2.75) is 76.4 Å². The van der Waals surface area contributed by atoms with Gasteiger partial charge in [-0.3, -0.25) is 9.78 Å². The lowest BCUT2D eigenvalue weighted by molar-refractivity contribution is -0.146. The van der Waals surface area contributed by atoms with Gasteiger partial charge < -0.3 is 20.5 Å². The van der Waals surface area contributed by atoms with E-state index in [1.165, 1.54) is 6.07 Å². The highest BCUT2D eigenvalue weighted by Gasteiger charge is 2.54. The van der Waals surface area contributed by atoms with Gasteiger partial charge in [0.25, 0.3) is 0 Å². The summed E-state index contributed by atoms with van der Waals surface area (Å²) < 4.78 is 44.0. The molecule has 2 heterocycles. The molecule has 3 N–H and O–H groups in total. The van der Waals surface area contributed by atoms with Gasteiger partial charge in [0.15, 0.2) is 0 Å². The molecule has 1 aromatic rings. The van der Waals surface area contributed by atoms with Crippen LogP contribution >= 0.6 is 0 Å². The molecule has 0 aromatic carbocycles. The van der Waals surface area contributed by atoms with E-state index in [9.17, 15) is 23.1 Å². The monoisotopic (exact) mass is 429 g/mol. The number of ether oxygens (including phenoxy) is 1. The Kier molecular flexibility index (Phi) is 6.74. The first kappa shape index (κ1) is 23.0. The van der Waals surface area contributed by atoms with Gasteiger partial charge in [0.05, 0.1) is 11.0 Å². The molecule has 1 aromatic heterocycles. The van der Waals surface area contributed by atoms with Crippen LogP contribution in [0.1, 0.15) is 57.2 Å². The van der Waals surface area contributed by atoms with Crippen molar-refractivity contribution in [2.24, 2.45) is 5.41 Å². The van der Waals surface area contributed by atoms with Crippen molar-refractivity contribution in [3.05, 3.63) is 29.6 Å². The summed E-state index contributed by atoms with van der Waals surface area (Å²) in [6.07, 6.45) is 0.116. The maximum atomic E-state index is 13.2. The number of rotatable bonds is 6. The van der Waals surface area contributed by atoms with Crippen molar-refractivity contribution in [3.63, 3.8) is 0 Å². The van der Waals surface area contributed by atoms with Crippen LogP contribution in [0.3, 0.4) is 0 Å². The van der Waals surface area contributed by atoms with E-state index in [2.05, 4.69) is 15.6 Å². The lowest BCUT2D eigenvalue weighted by Crippen LogP contribution is -2.53. The highest BCUT2D eigenvalue weighted by atomic mass is 19.4. The minimum atomic E-state index is -4.54. The average molecular weight is 429 g/mol. The zero-order valence-corrected chi connectivity index (χ0v) is 17.4. The van der Waals surface area contributed by atoms with Crippen LogP contribution < -0.4 is 10.6 Å². The molecule has 1 saturated carbocycles. The Bertz CT molecular complexity index is 745. The zero-order valence-electron chi connectivity index (χ0n) is 17.4. The predicted molar refractivity (Wildman–Crippen MR) is 104 cm³/mol. The quantitative estimate of drug-likeness (QED) is 0.648. The van der Waals surface area contributed by atoms with E-state index >= 15 is 0 Å². The number of nitrogens with zero attached hydrogens (tertiary/aromatic N) is 1. The number of aromatic nitrogens is 1. The van der Waals surface area contributed by atoms with Crippen molar-refractivity contribution in [1.29, 1.82) is 0 Å². The van der Waals surface area contributed by atoms with Crippen molar-refractivity contribution in [1.82, 2.24) is 15.6 Å². The van der Waals surface area contributed by atoms with Crippen LogP contribution in [-0.2, 0) is 22.3 Å². The van der Waals surface area contributed by atoms with Crippen LogP contribution in [0, 0.1) is 5.41 Å². The molecular weight excluding hydrogens is 399 g/mol. The Balaban J connectivity index is 1.66. The van der Waals surface area contributed by atoms with E-state index < -0.39 is 22.9 Å². The maximum absolute atomic E-state index is 13.2. The fourth-order valence-electron chi connectivity index (χ4n) is 4.52. The number of alkyl halides is 3. The van der Waals surface area contributed by atoms with Gasteiger partial charge in [0.2, 0.25) is 5.91 Å². The number of hydrogen-bond donors (Lipinski definition) is 3. The SMILES string of the molecule is CC(C)(O)[C@]1(C(=O)NCc2ccnc(C(F)(F)F)c2)CC[C@@H](NC2CCOCC2)C1. The van der Waals surface area contributed by atoms with Crippen LogP contribution in [0.25, 0.3) is 0 Å². The molecule has 168 valence electrons. The lowest BCUT2D eigenvalue weighted by Gasteiger charge is -2.39. The second-order valence-electron chi connectivity index (χ2n) is 8.86. The molecule has 1 aliphatic heterocycles. The maximum Gasteiger partial charge on any atom is 0.433 e. The molecule has 2 atom stereocenters. The summed E-state index contributed by atoms with van der Waals surface area (Å²) in [4.78, 5) is 16.5. The molecule has 0 spiro atoms. The summed E-state index contributed by atoms with van der Waals surface area (Å²) in [6, 6.07) is 2.81. The minimum Gasteiger partial charge on any atom is -0.389 e. The summed E-state index contributed by atoms with van der Waals surface area (Å²) in [5.41, 5.74) is -2.95. The van der Waals surface area contributed by atoms with Gasteiger partial charge in [0, 0.05) is 38.0 Å². The summed E-state index contributed by atoms with van der Waals surface area (Å²) in [6.45, 7) is 4.62. The number of hydrogen-bond acceptors (Lipinski definition) is 5. The molecule has 1 aliphatic carbocycles. The Morgan fingerprint density at radius 1 is 1.27 bits per heavy atom. The summed E-state index contributed by atoms with van der Waals surface area (Å²) in [5, 5.41) is 17.2. The smallest absolute Gasteiger partial charge is 0.389 e. The van der Waals surface area contributed by atoms with Crippen LogP contribution in [0.5, 0.6) is 0 Å². The molecule has 0 bridgehead atoms. The van der Waals surface area contributed by atoms with Crippen LogP contribution in [-0.4, -0.2) is 46.9 Å². The van der Waals surface area contributed by atoms with Crippen molar-refractivity contribution < 1.29 is 27.8 Å². The summed E-state index contributed by atoms with van der Waals surface area (Å²) >= 11 is 0. The van der Waals surface area contributed by atoms with Crippen LogP contribution in [0.4, 0.5) is 13.2 Å². The van der Waals surface area contributed by atoms with E-state index in [0.29, 0.717) is 37.7 Å². The Morgan fingerprint density at radius 2 is 1.97 bits per heavy atom. The average Bonchev–Trinajstić information content (AvgIpc) is 3.12. The lowest BCUT2D eigenvalue weighted by atomic mass is 9.71. The Labute approximate surface area is 174 Å². The normalized spacial score (nSPS) is 26.0. The van der Waals surface area contributed by atoms with E-state index in [4.69, 9.17) is 4.74 Å². The predicted octanol–water partition coefficient (Wildman–Crippen LogP) is 2.80. The zero-order chi connectivity index (χ0) is 22.0. The Morgan fingerprint density at radius 3 is 2.60 bits per heavy atom. The van der Waals surface area contributed by atoms with Gasteiger partial charge in [-0.25, -0.2) is 0 Å². The molecule has 2 fully saturated rings. The Hall–Kier alpha value is -1.71. The van der Waals surface area contributed by atoms with Gasteiger partial charge in [-0.1, -0.05) is 0 Å². The number of aliphatic hydroxyl groups is 1. The second kappa shape index (κ2) is 8.80. The highest BCUT2D eigenvalue weighted by molar-refractivity contribution is 5.84. The summed E-state index contributed by atoms with van der Waals surface area (Å²) in [7, 11) is 0. The highest BCUT2D eigenvalue weighted by Crippen LogP contribution is 2.47. The van der Waals surface area contributed by atoms with Crippen LogP contribution in [0.2, 0.25) is 0 Å². The molecule has 0 radical (unpaired) electrons. The molecule has 1 amide bonds. The molecule has 1 saturated heterocycles. The molecule has 30 heavy (non-hydrogen) atoms. The molecule has 0 unspecified atom stereocenters. The second-order valence-corrected chi connectivity index (χ2v) is 8.86. The van der Waals surface area contributed by atoms with E-state index in [-0.39, 0.29) is 18.5 Å². The third-order valence-electron chi connectivity index (χ3n) is 6.38. The third-order valence-corrected chi connectivity index (χ3v) is 6.38. The van der Waals surface area contributed by atoms with E-state index in [0.717, 1.165) is 31.5 Å². The molecule has 2 aliphatic rings. The van der Waals surface area contributed by atoms with Gasteiger partial charge in [0.1, 0.15) is 5.69 Å². The fraction of sp³-hybridized carbons (Fsp3) is 0.714. The largest absolute Gasteiger partial charge is 0.433 e. The molecule has 6 nitrogen and oxygen atoms in total. The standard InChI is InChI=1S/C21H30F3N3O3/c1-19(2,29)20(7-3-16(12-20)27-15-5-9-30-10-6-15)18(28)26-13-14-4-8-25-17(11-14)21(22,23)24/h4,8,11,15-16,27,29H,3,5-7,9-10,12-13H2,1-2H3,(H,26,28)/t16-,20-/m1/s1. The fourth-order valence-corrected chi connectivity index (χ4v) is 4.52. The van der Waals surface area contributed by atoms with E-state index in [1.54, 1.807) is 13.8 Å². The van der Waals surface area contributed by atoms with Gasteiger partial charge >= 0.3 is 6.18 Å².